The van der Waals surface area contributed by atoms with Gasteiger partial charge in [0.1, 0.15) is 11.4 Å². The van der Waals surface area contributed by atoms with Crippen molar-refractivity contribution in [1.29, 1.82) is 0 Å². The summed E-state index contributed by atoms with van der Waals surface area (Å²) in [5.74, 6) is -0.999. The van der Waals surface area contributed by atoms with E-state index in [1.807, 2.05) is 0 Å². The number of rotatable bonds is 8. The largest absolute Gasteiger partial charge is 0.462 e. The van der Waals surface area contributed by atoms with Gasteiger partial charge in [-0.2, -0.15) is 0 Å². The van der Waals surface area contributed by atoms with Crippen LogP contribution < -0.4 is 11.1 Å². The number of amides is 1. The molecule has 11 nitrogen and oxygen atoms in total. The first kappa shape index (κ1) is 22.1. The highest BCUT2D eigenvalue weighted by Gasteiger charge is 2.15. The Kier molecular flexibility index (Phi) is 7.10. The molecule has 0 saturated heterocycles. The highest BCUT2D eigenvalue weighted by molar-refractivity contribution is 7.99. The molecule has 0 radical (unpaired) electrons. The third-order valence-electron chi connectivity index (χ3n) is 3.73. The maximum atomic E-state index is 12.2. The average molecular weight is 460 g/mol. The van der Waals surface area contributed by atoms with Crippen LogP contribution in [0.5, 0.6) is 0 Å². The Hall–Kier alpha value is -3.58. The van der Waals surface area contributed by atoms with Crippen molar-refractivity contribution in [3.05, 3.63) is 51.5 Å². The molecule has 13 heteroatoms. The average Bonchev–Trinajstić information content (AvgIpc) is 3.21. The number of carbonyl (C=O) groups is 2. The summed E-state index contributed by atoms with van der Waals surface area (Å²) < 4.78 is 4.86. The quantitative estimate of drug-likeness (QED) is 0.168. The Morgan fingerprint density at radius 2 is 2.16 bits per heavy atom. The first-order chi connectivity index (χ1) is 14.9. The number of thiazole rings is 1. The predicted octanol–water partition coefficient (Wildman–Crippen LogP) is 3.00. The second-order valence-corrected chi connectivity index (χ2v) is 7.65. The van der Waals surface area contributed by atoms with E-state index in [4.69, 9.17) is 10.5 Å². The van der Waals surface area contributed by atoms with Crippen molar-refractivity contribution >= 4 is 51.6 Å². The van der Waals surface area contributed by atoms with Crippen molar-refractivity contribution in [2.24, 2.45) is 0 Å². The van der Waals surface area contributed by atoms with Gasteiger partial charge < -0.3 is 15.8 Å². The van der Waals surface area contributed by atoms with E-state index in [-0.39, 0.29) is 40.5 Å². The zero-order valence-electron chi connectivity index (χ0n) is 16.1. The molecule has 2 heterocycles. The fraction of sp³-hybridized carbons (Fsp3) is 0.167. The fourth-order valence-corrected chi connectivity index (χ4v) is 3.70. The molecule has 0 aliphatic carbocycles. The first-order valence-electron chi connectivity index (χ1n) is 8.80. The summed E-state index contributed by atoms with van der Waals surface area (Å²) in [6.45, 7) is 1.88. The molecule has 160 valence electrons. The molecule has 0 bridgehead atoms. The predicted molar refractivity (Wildman–Crippen MR) is 116 cm³/mol. The van der Waals surface area contributed by atoms with Crippen LogP contribution in [0.1, 0.15) is 17.3 Å². The third kappa shape index (κ3) is 5.73. The van der Waals surface area contributed by atoms with Gasteiger partial charge in [0.25, 0.3) is 5.69 Å². The van der Waals surface area contributed by atoms with Gasteiger partial charge in [-0.1, -0.05) is 23.9 Å². The van der Waals surface area contributed by atoms with Crippen LogP contribution in [0, 0.1) is 10.1 Å². The summed E-state index contributed by atoms with van der Waals surface area (Å²) in [6, 6.07) is 6.08. The first-order valence-corrected chi connectivity index (χ1v) is 10.7. The highest BCUT2D eigenvalue weighted by Crippen LogP contribution is 2.27. The van der Waals surface area contributed by atoms with Crippen molar-refractivity contribution in [3.8, 4) is 11.3 Å². The summed E-state index contributed by atoms with van der Waals surface area (Å²) in [5, 5.41) is 15.8. The van der Waals surface area contributed by atoms with Gasteiger partial charge in [-0.15, -0.1) is 11.3 Å². The standard InChI is InChI=1S/C18H16N6O5S2/c1-2-29-16(26)12-7-20-17(23-15(12)19)31-9-14(25)22-18-21-13(8-30-18)10-4-3-5-11(6-10)24(27)28/h3-8H,2,9H2,1H3,(H2,19,20,23)(H,21,22,25). The number of nitro benzene ring substituents is 1. The van der Waals surface area contributed by atoms with Crippen LogP contribution in [0.2, 0.25) is 0 Å². The van der Waals surface area contributed by atoms with Crippen LogP contribution in [-0.4, -0.2) is 44.1 Å². The number of hydrogen-bond donors (Lipinski definition) is 2. The SMILES string of the molecule is CCOC(=O)c1cnc(SCC(=O)Nc2nc(-c3cccc([N+](=O)[O-])c3)cs2)nc1N. The van der Waals surface area contributed by atoms with Gasteiger partial charge in [-0.25, -0.2) is 19.7 Å². The number of aromatic nitrogens is 3. The lowest BCUT2D eigenvalue weighted by atomic mass is 10.1. The molecule has 3 rings (SSSR count). The third-order valence-corrected chi connectivity index (χ3v) is 5.35. The van der Waals surface area contributed by atoms with E-state index in [0.29, 0.717) is 16.4 Å². The molecule has 1 aromatic carbocycles. The maximum absolute atomic E-state index is 12.2. The van der Waals surface area contributed by atoms with E-state index in [0.717, 1.165) is 11.8 Å². The highest BCUT2D eigenvalue weighted by atomic mass is 32.2. The lowest BCUT2D eigenvalue weighted by Crippen LogP contribution is -2.15. The number of esters is 1. The molecule has 3 N–H and O–H groups in total. The molecule has 2 aromatic heterocycles. The number of non-ortho nitro benzene ring substituents is 1. The smallest absolute Gasteiger partial charge is 0.343 e. The summed E-state index contributed by atoms with van der Waals surface area (Å²) in [5.41, 5.74) is 6.87. The molecule has 0 aliphatic heterocycles. The van der Waals surface area contributed by atoms with Crippen LogP contribution in [0.3, 0.4) is 0 Å². The maximum Gasteiger partial charge on any atom is 0.343 e. The Bertz CT molecular complexity index is 1140. The zero-order chi connectivity index (χ0) is 22.4. The number of nitrogens with two attached hydrogens (primary N) is 1. The van der Waals surface area contributed by atoms with Crippen molar-refractivity contribution in [1.82, 2.24) is 15.0 Å². The number of carbonyl (C=O) groups excluding carboxylic acids is 2. The zero-order valence-corrected chi connectivity index (χ0v) is 17.7. The van der Waals surface area contributed by atoms with Gasteiger partial charge in [0.2, 0.25) is 5.91 Å². The molecule has 3 aromatic rings. The van der Waals surface area contributed by atoms with Crippen molar-refractivity contribution < 1.29 is 19.2 Å². The molecule has 0 unspecified atom stereocenters. The lowest BCUT2D eigenvalue weighted by molar-refractivity contribution is -0.384. The summed E-state index contributed by atoms with van der Waals surface area (Å²) >= 11 is 2.24. The van der Waals surface area contributed by atoms with Crippen molar-refractivity contribution in [2.45, 2.75) is 12.1 Å². The van der Waals surface area contributed by atoms with Crippen molar-refractivity contribution in [3.63, 3.8) is 0 Å². The van der Waals surface area contributed by atoms with Crippen LogP contribution in [0.25, 0.3) is 11.3 Å². The Balaban J connectivity index is 1.58. The minimum Gasteiger partial charge on any atom is -0.462 e. The molecule has 1 amide bonds. The molecule has 0 atom stereocenters. The van der Waals surface area contributed by atoms with Crippen LogP contribution in [0.4, 0.5) is 16.6 Å². The van der Waals surface area contributed by atoms with E-state index < -0.39 is 10.9 Å². The second-order valence-electron chi connectivity index (χ2n) is 5.85. The Morgan fingerprint density at radius 3 is 2.87 bits per heavy atom. The van der Waals surface area contributed by atoms with E-state index in [2.05, 4.69) is 20.3 Å². The lowest BCUT2D eigenvalue weighted by Gasteiger charge is -2.06. The molecular formula is C18H16N6O5S2. The van der Waals surface area contributed by atoms with Gasteiger partial charge >= 0.3 is 5.97 Å². The van der Waals surface area contributed by atoms with Gasteiger partial charge in [0.15, 0.2) is 10.3 Å². The number of anilines is 2. The Labute approximate surface area is 184 Å². The van der Waals surface area contributed by atoms with E-state index in [9.17, 15) is 19.7 Å². The van der Waals surface area contributed by atoms with E-state index >= 15 is 0 Å². The molecule has 0 saturated carbocycles. The van der Waals surface area contributed by atoms with Gasteiger partial charge in [0.05, 0.1) is 23.0 Å². The van der Waals surface area contributed by atoms with Gasteiger partial charge in [0, 0.05) is 29.3 Å². The number of thioether (sulfide) groups is 1. The van der Waals surface area contributed by atoms with Gasteiger partial charge in [-0.05, 0) is 6.92 Å². The minimum absolute atomic E-state index is 0.0100. The number of nitrogen functional groups attached to an aromatic ring is 1. The molecular weight excluding hydrogens is 444 g/mol. The van der Waals surface area contributed by atoms with Crippen LogP contribution >= 0.6 is 23.1 Å². The summed E-state index contributed by atoms with van der Waals surface area (Å²) in [4.78, 5) is 46.7. The number of nitrogens with one attached hydrogen (secondary N) is 1. The normalized spacial score (nSPS) is 10.5. The number of benzene rings is 1. The molecule has 0 fully saturated rings. The summed E-state index contributed by atoms with van der Waals surface area (Å²) in [6.07, 6.45) is 1.26. The number of hydrogen-bond acceptors (Lipinski definition) is 11. The minimum atomic E-state index is -0.613. The van der Waals surface area contributed by atoms with Crippen molar-refractivity contribution in [2.75, 3.05) is 23.4 Å². The molecule has 31 heavy (non-hydrogen) atoms. The van der Waals surface area contributed by atoms with E-state index in [1.54, 1.807) is 24.4 Å². The fourth-order valence-electron chi connectivity index (χ4n) is 2.34. The van der Waals surface area contributed by atoms with Crippen LogP contribution in [-0.2, 0) is 9.53 Å². The van der Waals surface area contributed by atoms with Gasteiger partial charge in [-0.3, -0.25) is 14.9 Å². The van der Waals surface area contributed by atoms with E-state index in [1.165, 1.54) is 29.7 Å². The number of ether oxygens (including phenoxy) is 1. The number of nitro groups is 1. The number of nitrogens with zero attached hydrogens (tertiary/aromatic N) is 4. The van der Waals surface area contributed by atoms with Crippen LogP contribution in [0.15, 0.2) is 41.0 Å². The summed E-state index contributed by atoms with van der Waals surface area (Å²) in [7, 11) is 0. The Morgan fingerprint density at radius 1 is 1.35 bits per heavy atom. The molecule has 0 spiro atoms. The monoisotopic (exact) mass is 460 g/mol. The second kappa shape index (κ2) is 9.95. The molecule has 0 aliphatic rings. The topological polar surface area (TPSA) is 163 Å².